The maximum Gasteiger partial charge on any atom is 0.233 e. The number of fused-ring (bicyclic) bond motifs is 1. The van der Waals surface area contributed by atoms with E-state index in [1.807, 2.05) is 43.0 Å². The molecule has 2 aliphatic rings. The summed E-state index contributed by atoms with van der Waals surface area (Å²) < 4.78 is 5.46. The second-order valence-corrected chi connectivity index (χ2v) is 7.97. The van der Waals surface area contributed by atoms with Crippen molar-refractivity contribution in [2.45, 2.75) is 52.0 Å². The van der Waals surface area contributed by atoms with Crippen molar-refractivity contribution in [2.75, 3.05) is 25.1 Å². The van der Waals surface area contributed by atoms with Crippen molar-refractivity contribution in [1.82, 2.24) is 14.9 Å². The summed E-state index contributed by atoms with van der Waals surface area (Å²) in [7, 11) is 1.63. The zero-order valence-corrected chi connectivity index (χ0v) is 17.9. The van der Waals surface area contributed by atoms with E-state index >= 15 is 0 Å². The van der Waals surface area contributed by atoms with Gasteiger partial charge in [-0.15, -0.1) is 0 Å². The lowest BCUT2D eigenvalue weighted by molar-refractivity contribution is -0.132. The summed E-state index contributed by atoms with van der Waals surface area (Å²) in [5.41, 5.74) is 2.69. The number of methoxy groups -OCH3 is 1. The van der Waals surface area contributed by atoms with Crippen LogP contribution in [0.5, 0.6) is 5.75 Å². The van der Waals surface area contributed by atoms with Crippen LogP contribution in [-0.4, -0.2) is 46.9 Å². The molecule has 0 aliphatic carbocycles. The van der Waals surface area contributed by atoms with E-state index in [0.29, 0.717) is 31.7 Å². The number of aromatic nitrogens is 2. The van der Waals surface area contributed by atoms with E-state index < -0.39 is 0 Å². The van der Waals surface area contributed by atoms with Crippen molar-refractivity contribution < 1.29 is 14.3 Å². The smallest absolute Gasteiger partial charge is 0.233 e. The lowest BCUT2D eigenvalue weighted by Gasteiger charge is -2.32. The molecule has 1 fully saturated rings. The monoisotopic (exact) mass is 408 g/mol. The molecule has 7 nitrogen and oxygen atoms in total. The van der Waals surface area contributed by atoms with Gasteiger partial charge in [-0.3, -0.25) is 14.5 Å². The molecule has 0 spiro atoms. The third-order valence-corrected chi connectivity index (χ3v) is 6.06. The number of anilines is 1. The lowest BCUT2D eigenvalue weighted by Crippen LogP contribution is -2.39. The van der Waals surface area contributed by atoms with Gasteiger partial charge in [0, 0.05) is 42.2 Å². The Hall–Kier alpha value is -2.96. The number of likely N-dealkylation sites (tertiary alicyclic amines) is 1. The Morgan fingerprint density at radius 1 is 1.27 bits per heavy atom. The summed E-state index contributed by atoms with van der Waals surface area (Å²) >= 11 is 0. The van der Waals surface area contributed by atoms with Crippen molar-refractivity contribution in [2.24, 2.45) is 0 Å². The number of para-hydroxylation sites is 1. The third kappa shape index (κ3) is 3.76. The zero-order valence-electron chi connectivity index (χ0n) is 17.9. The number of aryl methyl sites for hydroxylation is 1. The minimum Gasteiger partial charge on any atom is -0.496 e. The molecule has 7 heteroatoms. The van der Waals surface area contributed by atoms with E-state index in [1.54, 1.807) is 12.0 Å². The highest BCUT2D eigenvalue weighted by atomic mass is 16.5. The number of hydrogen-bond acceptors (Lipinski definition) is 5. The lowest BCUT2D eigenvalue weighted by atomic mass is 9.96. The molecule has 0 radical (unpaired) electrons. The van der Waals surface area contributed by atoms with Gasteiger partial charge in [0.05, 0.1) is 20.1 Å². The van der Waals surface area contributed by atoms with Crippen LogP contribution in [0.25, 0.3) is 0 Å². The molecular formula is C23H28N4O3. The highest BCUT2D eigenvalue weighted by Gasteiger charge is 2.34. The number of piperidine rings is 1. The molecule has 1 aromatic carbocycles. The Bertz CT molecular complexity index is 975. The molecular weight excluding hydrogens is 380 g/mol. The summed E-state index contributed by atoms with van der Waals surface area (Å²) in [6, 6.07) is 7.72. The van der Waals surface area contributed by atoms with E-state index in [0.717, 1.165) is 47.8 Å². The van der Waals surface area contributed by atoms with Gasteiger partial charge in [-0.05, 0) is 25.8 Å². The van der Waals surface area contributed by atoms with Gasteiger partial charge in [0.1, 0.15) is 17.4 Å². The SMILES string of the molecule is CCC(=O)N1CCC[C@H](c2nc(C)c3c(n2)N(Cc2ccccc2OC)C(=O)C3)C1. The zero-order chi connectivity index (χ0) is 21.3. The average molecular weight is 409 g/mol. The predicted octanol–water partition coefficient (Wildman–Crippen LogP) is 3.00. The van der Waals surface area contributed by atoms with Crippen LogP contribution in [0.15, 0.2) is 24.3 Å². The van der Waals surface area contributed by atoms with E-state index in [1.165, 1.54) is 0 Å². The van der Waals surface area contributed by atoms with Crippen LogP contribution in [0, 0.1) is 6.92 Å². The van der Waals surface area contributed by atoms with Gasteiger partial charge in [0.2, 0.25) is 11.8 Å². The van der Waals surface area contributed by atoms with Gasteiger partial charge in [0.15, 0.2) is 0 Å². The van der Waals surface area contributed by atoms with Crippen LogP contribution in [0.2, 0.25) is 0 Å². The molecule has 2 amide bonds. The Morgan fingerprint density at radius 3 is 2.83 bits per heavy atom. The number of carbonyl (C=O) groups excluding carboxylic acids is 2. The first-order valence-electron chi connectivity index (χ1n) is 10.6. The van der Waals surface area contributed by atoms with Crippen molar-refractivity contribution in [3.8, 4) is 5.75 Å². The Balaban J connectivity index is 1.64. The van der Waals surface area contributed by atoms with Crippen LogP contribution in [-0.2, 0) is 22.6 Å². The van der Waals surface area contributed by atoms with Crippen LogP contribution in [0.3, 0.4) is 0 Å². The fourth-order valence-electron chi connectivity index (χ4n) is 4.38. The fourth-order valence-corrected chi connectivity index (χ4v) is 4.38. The molecule has 4 rings (SSSR count). The van der Waals surface area contributed by atoms with E-state index in [2.05, 4.69) is 0 Å². The second-order valence-electron chi connectivity index (χ2n) is 7.97. The predicted molar refractivity (Wildman–Crippen MR) is 114 cm³/mol. The molecule has 1 atom stereocenters. The van der Waals surface area contributed by atoms with Gasteiger partial charge in [0.25, 0.3) is 0 Å². The van der Waals surface area contributed by atoms with Crippen molar-refractivity contribution in [3.05, 3.63) is 46.9 Å². The summed E-state index contributed by atoms with van der Waals surface area (Å²) in [6.07, 6.45) is 2.73. The first-order valence-corrected chi connectivity index (χ1v) is 10.6. The van der Waals surface area contributed by atoms with Gasteiger partial charge in [-0.1, -0.05) is 25.1 Å². The topological polar surface area (TPSA) is 75.6 Å². The molecule has 2 aliphatic heterocycles. The summed E-state index contributed by atoms with van der Waals surface area (Å²) in [5, 5.41) is 0. The van der Waals surface area contributed by atoms with Gasteiger partial charge < -0.3 is 9.64 Å². The molecule has 158 valence electrons. The standard InChI is InChI=1S/C23H28N4O3/c1-4-20(28)26-11-7-9-17(13-26)22-24-15(2)18-12-21(29)27(23(18)25-22)14-16-8-5-6-10-19(16)30-3/h5-6,8,10,17H,4,7,9,11-14H2,1-3H3/t17-/m0/s1. The largest absolute Gasteiger partial charge is 0.496 e. The Labute approximate surface area is 177 Å². The molecule has 0 unspecified atom stereocenters. The van der Waals surface area contributed by atoms with Gasteiger partial charge in [-0.2, -0.15) is 0 Å². The first-order chi connectivity index (χ1) is 14.5. The minimum atomic E-state index is 0.0249. The molecule has 1 saturated heterocycles. The van der Waals surface area contributed by atoms with Crippen LogP contribution in [0.4, 0.5) is 5.82 Å². The number of rotatable bonds is 5. The average Bonchev–Trinajstić information content (AvgIpc) is 3.09. The van der Waals surface area contributed by atoms with Gasteiger partial charge >= 0.3 is 0 Å². The summed E-state index contributed by atoms with van der Waals surface area (Å²) in [6.45, 7) is 5.69. The van der Waals surface area contributed by atoms with Crippen molar-refractivity contribution >= 4 is 17.6 Å². The highest BCUT2D eigenvalue weighted by molar-refractivity contribution is 6.00. The molecule has 0 saturated carbocycles. The fraction of sp³-hybridized carbons (Fsp3) is 0.478. The van der Waals surface area contributed by atoms with Crippen molar-refractivity contribution in [1.29, 1.82) is 0 Å². The normalized spacial score (nSPS) is 18.5. The molecule has 2 aromatic rings. The van der Waals surface area contributed by atoms with Gasteiger partial charge in [-0.25, -0.2) is 9.97 Å². The maximum atomic E-state index is 12.8. The first kappa shape index (κ1) is 20.3. The maximum absolute atomic E-state index is 12.8. The van der Waals surface area contributed by atoms with E-state index in [4.69, 9.17) is 14.7 Å². The molecule has 0 N–H and O–H groups in total. The quantitative estimate of drug-likeness (QED) is 0.760. The van der Waals surface area contributed by atoms with E-state index in [-0.39, 0.29) is 17.7 Å². The number of amides is 2. The third-order valence-electron chi connectivity index (χ3n) is 6.06. The summed E-state index contributed by atoms with van der Waals surface area (Å²) in [5.74, 6) is 2.49. The number of carbonyl (C=O) groups is 2. The highest BCUT2D eigenvalue weighted by Crippen LogP contribution is 2.34. The Kier molecular flexibility index (Phi) is 5.70. The Morgan fingerprint density at radius 2 is 2.07 bits per heavy atom. The van der Waals surface area contributed by atoms with Crippen molar-refractivity contribution in [3.63, 3.8) is 0 Å². The van der Waals surface area contributed by atoms with Crippen LogP contribution >= 0.6 is 0 Å². The number of hydrogen-bond donors (Lipinski definition) is 0. The molecule has 0 bridgehead atoms. The van der Waals surface area contributed by atoms with Crippen LogP contribution in [0.1, 0.15) is 54.7 Å². The number of nitrogens with zero attached hydrogens (tertiary/aromatic N) is 4. The summed E-state index contributed by atoms with van der Waals surface area (Å²) in [4.78, 5) is 38.3. The number of benzene rings is 1. The molecule has 3 heterocycles. The molecule has 1 aromatic heterocycles. The number of ether oxygens (including phenoxy) is 1. The minimum absolute atomic E-state index is 0.0249. The molecule has 30 heavy (non-hydrogen) atoms. The van der Waals surface area contributed by atoms with E-state index in [9.17, 15) is 9.59 Å². The second kappa shape index (κ2) is 8.42. The van der Waals surface area contributed by atoms with Crippen LogP contribution < -0.4 is 9.64 Å².